The molecule has 1 amide bonds. The maximum atomic E-state index is 12.3. The average Bonchev–Trinajstić information content (AvgIpc) is 2.45. The molecule has 1 saturated heterocycles. The lowest BCUT2D eigenvalue weighted by Crippen LogP contribution is -2.52. The van der Waals surface area contributed by atoms with Gasteiger partial charge in [-0.1, -0.05) is 0 Å². The third-order valence-electron chi connectivity index (χ3n) is 3.27. The molecule has 0 saturated carbocycles. The van der Waals surface area contributed by atoms with Gasteiger partial charge in [-0.3, -0.25) is 4.79 Å². The number of halogens is 3. The summed E-state index contributed by atoms with van der Waals surface area (Å²) in [5, 5.41) is 3.19. The minimum absolute atomic E-state index is 0.0902. The van der Waals surface area contributed by atoms with E-state index >= 15 is 0 Å². The van der Waals surface area contributed by atoms with Crippen LogP contribution in [0, 0.1) is 0 Å². The first kappa shape index (κ1) is 15.6. The van der Waals surface area contributed by atoms with Crippen LogP contribution >= 0.6 is 0 Å². The SMILES string of the molecule is C[C@@H]1CNCCN1C(=O)c1ccc(OCC(F)(F)F)cc1. The second-order valence-electron chi connectivity index (χ2n) is 4.98. The van der Waals surface area contributed by atoms with E-state index in [0.717, 1.165) is 13.1 Å². The maximum Gasteiger partial charge on any atom is 0.422 e. The third kappa shape index (κ3) is 4.35. The molecule has 21 heavy (non-hydrogen) atoms. The molecule has 1 aliphatic heterocycles. The molecule has 0 aromatic heterocycles. The van der Waals surface area contributed by atoms with E-state index in [2.05, 4.69) is 10.1 Å². The van der Waals surface area contributed by atoms with Crippen LogP contribution in [0.1, 0.15) is 17.3 Å². The first-order valence-corrected chi connectivity index (χ1v) is 6.68. The molecule has 0 bridgehead atoms. The van der Waals surface area contributed by atoms with Crippen molar-refractivity contribution in [1.29, 1.82) is 0 Å². The summed E-state index contributed by atoms with van der Waals surface area (Å²) in [6, 6.07) is 5.83. The van der Waals surface area contributed by atoms with Crippen LogP contribution in [0.5, 0.6) is 5.75 Å². The Hall–Kier alpha value is -1.76. The first-order chi connectivity index (χ1) is 9.87. The lowest BCUT2D eigenvalue weighted by molar-refractivity contribution is -0.153. The monoisotopic (exact) mass is 302 g/mol. The second-order valence-corrected chi connectivity index (χ2v) is 4.98. The highest BCUT2D eigenvalue weighted by atomic mass is 19.4. The Bertz CT molecular complexity index is 488. The molecule has 7 heteroatoms. The van der Waals surface area contributed by atoms with Gasteiger partial charge in [0.2, 0.25) is 0 Å². The number of benzene rings is 1. The van der Waals surface area contributed by atoms with Crippen LogP contribution in [0.2, 0.25) is 0 Å². The van der Waals surface area contributed by atoms with Gasteiger partial charge in [0.05, 0.1) is 0 Å². The Balaban J connectivity index is 1.99. The molecular formula is C14H17F3N2O2. The number of nitrogens with one attached hydrogen (secondary N) is 1. The quantitative estimate of drug-likeness (QED) is 0.929. The highest BCUT2D eigenvalue weighted by Gasteiger charge is 2.28. The third-order valence-corrected chi connectivity index (χ3v) is 3.27. The van der Waals surface area contributed by atoms with Gasteiger partial charge in [-0.15, -0.1) is 0 Å². The predicted molar refractivity (Wildman–Crippen MR) is 71.4 cm³/mol. The van der Waals surface area contributed by atoms with Crippen LogP contribution in [-0.2, 0) is 0 Å². The van der Waals surface area contributed by atoms with Gasteiger partial charge in [-0.25, -0.2) is 0 Å². The molecule has 1 aromatic carbocycles. The molecule has 4 nitrogen and oxygen atoms in total. The molecule has 0 aliphatic carbocycles. The van der Waals surface area contributed by atoms with E-state index in [4.69, 9.17) is 0 Å². The molecule has 1 fully saturated rings. The number of ether oxygens (including phenoxy) is 1. The highest BCUT2D eigenvalue weighted by Crippen LogP contribution is 2.19. The van der Waals surface area contributed by atoms with Crippen LogP contribution in [0.3, 0.4) is 0 Å². The summed E-state index contributed by atoms with van der Waals surface area (Å²) in [6.45, 7) is 2.70. The van der Waals surface area contributed by atoms with Gasteiger partial charge in [0.1, 0.15) is 5.75 Å². The molecule has 0 spiro atoms. The van der Waals surface area contributed by atoms with E-state index in [1.807, 2.05) is 6.92 Å². The summed E-state index contributed by atoms with van der Waals surface area (Å²) in [7, 11) is 0. The Labute approximate surface area is 120 Å². The molecule has 1 N–H and O–H groups in total. The largest absolute Gasteiger partial charge is 0.484 e. The van der Waals surface area contributed by atoms with E-state index in [1.54, 1.807) is 4.90 Å². The Morgan fingerprint density at radius 1 is 1.38 bits per heavy atom. The van der Waals surface area contributed by atoms with Crippen molar-refractivity contribution in [2.75, 3.05) is 26.2 Å². The van der Waals surface area contributed by atoms with Crippen molar-refractivity contribution in [2.24, 2.45) is 0 Å². The standard InChI is InChI=1S/C14H17F3N2O2/c1-10-8-18-6-7-19(10)13(20)11-2-4-12(5-3-11)21-9-14(15,16)17/h2-5,10,18H,6-9H2,1H3/t10-/m1/s1. The van der Waals surface area contributed by atoms with Gasteiger partial charge in [-0.2, -0.15) is 13.2 Å². The maximum absolute atomic E-state index is 12.3. The molecule has 1 heterocycles. The van der Waals surface area contributed by atoms with Crippen molar-refractivity contribution in [2.45, 2.75) is 19.1 Å². The number of carbonyl (C=O) groups is 1. The van der Waals surface area contributed by atoms with Gasteiger partial charge in [-0.05, 0) is 31.2 Å². The Morgan fingerprint density at radius 3 is 2.62 bits per heavy atom. The number of amides is 1. The number of hydrogen-bond acceptors (Lipinski definition) is 3. The summed E-state index contributed by atoms with van der Waals surface area (Å²) >= 11 is 0. The van der Waals surface area contributed by atoms with Gasteiger partial charge in [0, 0.05) is 31.2 Å². The molecule has 1 atom stereocenters. The lowest BCUT2D eigenvalue weighted by Gasteiger charge is -2.34. The minimum atomic E-state index is -4.37. The number of nitrogens with zero attached hydrogens (tertiary/aromatic N) is 1. The van der Waals surface area contributed by atoms with Crippen molar-refractivity contribution >= 4 is 5.91 Å². The molecule has 2 rings (SSSR count). The smallest absolute Gasteiger partial charge is 0.422 e. The summed E-state index contributed by atoms with van der Waals surface area (Å²) in [5.74, 6) is -0.0244. The number of hydrogen-bond donors (Lipinski definition) is 1. The zero-order chi connectivity index (χ0) is 15.5. The van der Waals surface area contributed by atoms with Crippen molar-refractivity contribution in [3.8, 4) is 5.75 Å². The fourth-order valence-corrected chi connectivity index (χ4v) is 2.17. The number of piperazine rings is 1. The van der Waals surface area contributed by atoms with Crippen LogP contribution < -0.4 is 10.1 Å². The van der Waals surface area contributed by atoms with E-state index in [0.29, 0.717) is 12.1 Å². The predicted octanol–water partition coefficient (Wildman–Crippen LogP) is 2.06. The first-order valence-electron chi connectivity index (χ1n) is 6.68. The lowest BCUT2D eigenvalue weighted by atomic mass is 10.1. The zero-order valence-electron chi connectivity index (χ0n) is 11.6. The van der Waals surface area contributed by atoms with Crippen molar-refractivity contribution in [3.05, 3.63) is 29.8 Å². The van der Waals surface area contributed by atoms with Gasteiger partial charge in [0.15, 0.2) is 6.61 Å². The van der Waals surface area contributed by atoms with Crippen LogP contribution in [-0.4, -0.2) is 49.3 Å². The zero-order valence-corrected chi connectivity index (χ0v) is 11.6. The van der Waals surface area contributed by atoms with Gasteiger partial charge >= 0.3 is 6.18 Å². The van der Waals surface area contributed by atoms with Gasteiger partial charge in [0.25, 0.3) is 5.91 Å². The number of alkyl halides is 3. The summed E-state index contributed by atoms with van der Waals surface area (Å²) in [6.07, 6.45) is -4.37. The Morgan fingerprint density at radius 2 is 2.05 bits per heavy atom. The second kappa shape index (κ2) is 6.34. The molecular weight excluding hydrogens is 285 g/mol. The molecule has 116 valence electrons. The molecule has 0 radical (unpaired) electrons. The van der Waals surface area contributed by atoms with Crippen LogP contribution in [0.25, 0.3) is 0 Å². The van der Waals surface area contributed by atoms with Crippen molar-refractivity contribution in [1.82, 2.24) is 10.2 Å². The molecule has 1 aliphatic rings. The topological polar surface area (TPSA) is 41.6 Å². The van der Waals surface area contributed by atoms with Gasteiger partial charge < -0.3 is 15.0 Å². The van der Waals surface area contributed by atoms with Crippen LogP contribution in [0.4, 0.5) is 13.2 Å². The van der Waals surface area contributed by atoms with Crippen molar-refractivity contribution < 1.29 is 22.7 Å². The van der Waals surface area contributed by atoms with E-state index in [1.165, 1.54) is 24.3 Å². The number of rotatable bonds is 3. The highest BCUT2D eigenvalue weighted by molar-refractivity contribution is 5.94. The van der Waals surface area contributed by atoms with Crippen molar-refractivity contribution in [3.63, 3.8) is 0 Å². The summed E-state index contributed by atoms with van der Waals surface area (Å²) < 4.78 is 40.7. The van der Waals surface area contributed by atoms with E-state index in [-0.39, 0.29) is 17.7 Å². The summed E-state index contributed by atoms with van der Waals surface area (Å²) in [4.78, 5) is 14.1. The minimum Gasteiger partial charge on any atom is -0.484 e. The van der Waals surface area contributed by atoms with E-state index < -0.39 is 12.8 Å². The fourth-order valence-electron chi connectivity index (χ4n) is 2.17. The molecule has 1 aromatic rings. The molecule has 0 unspecified atom stereocenters. The number of carbonyl (C=O) groups excluding carboxylic acids is 1. The summed E-state index contributed by atoms with van der Waals surface area (Å²) in [5.41, 5.74) is 0.447. The fraction of sp³-hybridized carbons (Fsp3) is 0.500. The van der Waals surface area contributed by atoms with E-state index in [9.17, 15) is 18.0 Å². The Kier molecular flexibility index (Phi) is 4.72. The van der Waals surface area contributed by atoms with Crippen LogP contribution in [0.15, 0.2) is 24.3 Å². The normalized spacial score (nSPS) is 19.4. The average molecular weight is 302 g/mol.